The van der Waals surface area contributed by atoms with Crippen LogP contribution in [0.25, 0.3) is 0 Å². The van der Waals surface area contributed by atoms with Crippen LogP contribution in [0.15, 0.2) is 60.3 Å². The zero-order valence-electron chi connectivity index (χ0n) is 17.0. The number of Topliss-reactive ketones (excluding diaryl/α,β-unsaturated/α-hetero) is 1. The molecule has 3 aromatic rings. The van der Waals surface area contributed by atoms with Crippen LogP contribution in [-0.4, -0.2) is 32.9 Å². The Kier molecular flexibility index (Phi) is 5.90. The van der Waals surface area contributed by atoms with Crippen molar-refractivity contribution in [2.75, 3.05) is 12.4 Å². The number of fused-ring (bicyclic) bond motifs is 1. The molecule has 1 atom stereocenters. The third-order valence-corrected chi connectivity index (χ3v) is 5.84. The predicted octanol–water partition coefficient (Wildman–Crippen LogP) is 4.57. The van der Waals surface area contributed by atoms with Crippen molar-refractivity contribution in [3.63, 3.8) is 0 Å². The molecule has 0 N–H and O–H groups in total. The number of carbonyl (C=O) groups is 1. The highest BCUT2D eigenvalue weighted by molar-refractivity contribution is 7.99. The molecule has 2 heterocycles. The molecule has 154 valence electrons. The lowest BCUT2D eigenvalue weighted by Gasteiger charge is -2.26. The number of allylic oxidation sites excluding steroid dienone is 1. The molecule has 4 rings (SSSR count). The maximum absolute atomic E-state index is 12.7. The number of aryl methyl sites for hydroxylation is 2. The van der Waals surface area contributed by atoms with Gasteiger partial charge in [-0.05, 0) is 31.5 Å². The molecule has 0 bridgehead atoms. The van der Waals surface area contributed by atoms with Crippen LogP contribution in [0.1, 0.15) is 33.4 Å². The number of rotatable bonds is 7. The van der Waals surface area contributed by atoms with Crippen molar-refractivity contribution in [3.05, 3.63) is 77.6 Å². The summed E-state index contributed by atoms with van der Waals surface area (Å²) in [6, 6.07) is 13.4. The van der Waals surface area contributed by atoms with Gasteiger partial charge in [-0.2, -0.15) is 0 Å². The Morgan fingerprint density at radius 3 is 2.80 bits per heavy atom. The Labute approximate surface area is 179 Å². The fourth-order valence-corrected chi connectivity index (χ4v) is 4.26. The van der Waals surface area contributed by atoms with Gasteiger partial charge in [-0.3, -0.25) is 9.36 Å². The summed E-state index contributed by atoms with van der Waals surface area (Å²) in [5.74, 6) is 2.41. The summed E-state index contributed by atoms with van der Waals surface area (Å²) in [5.41, 5.74) is 2.87. The molecule has 0 spiro atoms. The van der Waals surface area contributed by atoms with Gasteiger partial charge in [0.05, 0.1) is 5.75 Å². The van der Waals surface area contributed by atoms with Gasteiger partial charge in [-0.25, -0.2) is 0 Å². The first-order valence-electron chi connectivity index (χ1n) is 9.72. The lowest BCUT2D eigenvalue weighted by Crippen LogP contribution is -2.25. The number of thioether (sulfide) groups is 1. The Morgan fingerprint density at radius 2 is 2.03 bits per heavy atom. The van der Waals surface area contributed by atoms with Gasteiger partial charge in [0.15, 0.2) is 34.4 Å². The molecule has 0 fully saturated rings. The summed E-state index contributed by atoms with van der Waals surface area (Å²) in [4.78, 5) is 12.7. The number of ether oxygens (including phenoxy) is 2. The maximum atomic E-state index is 12.7. The summed E-state index contributed by atoms with van der Waals surface area (Å²) in [7, 11) is 0. The average Bonchev–Trinajstić information content (AvgIpc) is 3.14. The zero-order valence-corrected chi connectivity index (χ0v) is 17.8. The first-order chi connectivity index (χ1) is 14.6. The van der Waals surface area contributed by atoms with Crippen molar-refractivity contribution >= 4 is 17.5 Å². The Balaban J connectivity index is 1.51. The van der Waals surface area contributed by atoms with Gasteiger partial charge in [-0.1, -0.05) is 53.7 Å². The van der Waals surface area contributed by atoms with Gasteiger partial charge in [-0.15, -0.1) is 16.8 Å². The van der Waals surface area contributed by atoms with Crippen molar-refractivity contribution in [2.24, 2.45) is 0 Å². The summed E-state index contributed by atoms with van der Waals surface area (Å²) in [6.07, 6.45) is 1.40. The SMILES string of the molecule is C=CCn1c(SCC(=O)c2ccc(C)cc2C)nnc1[C@@H]1COc2ccccc2O1. The molecule has 0 saturated carbocycles. The molecular formula is C23H23N3O3S. The number of carbonyl (C=O) groups excluding carboxylic acids is 1. The standard InChI is InChI=1S/C23H23N3O3S/c1-4-11-26-22(21-13-28-19-7-5-6-8-20(19)29-21)24-25-23(26)30-14-18(27)17-10-9-15(2)12-16(17)3/h4-10,12,21H,1,11,13-14H2,2-3H3/t21-/m0/s1. The van der Waals surface area contributed by atoms with E-state index in [4.69, 9.17) is 9.47 Å². The van der Waals surface area contributed by atoms with E-state index in [0.717, 1.165) is 22.4 Å². The number of ketones is 1. The third kappa shape index (κ3) is 4.11. The molecule has 0 amide bonds. The number of benzene rings is 2. The fourth-order valence-electron chi connectivity index (χ4n) is 3.43. The highest BCUT2D eigenvalue weighted by Gasteiger charge is 2.28. The Morgan fingerprint density at radius 1 is 1.23 bits per heavy atom. The molecule has 2 aromatic carbocycles. The smallest absolute Gasteiger partial charge is 0.192 e. The molecule has 1 aliphatic rings. The summed E-state index contributed by atoms with van der Waals surface area (Å²) < 4.78 is 13.8. The Hall–Kier alpha value is -3.06. The minimum Gasteiger partial charge on any atom is -0.485 e. The predicted molar refractivity (Wildman–Crippen MR) is 116 cm³/mol. The van der Waals surface area contributed by atoms with Gasteiger partial charge < -0.3 is 9.47 Å². The van der Waals surface area contributed by atoms with Crippen molar-refractivity contribution in [2.45, 2.75) is 31.7 Å². The summed E-state index contributed by atoms with van der Waals surface area (Å²) in [5, 5.41) is 9.31. The van der Waals surface area contributed by atoms with Crippen molar-refractivity contribution in [1.82, 2.24) is 14.8 Å². The summed E-state index contributed by atoms with van der Waals surface area (Å²) >= 11 is 1.37. The van der Waals surface area contributed by atoms with E-state index in [2.05, 4.69) is 16.8 Å². The lowest BCUT2D eigenvalue weighted by molar-refractivity contribution is 0.0821. The molecule has 7 heteroatoms. The van der Waals surface area contributed by atoms with Gasteiger partial charge in [0.25, 0.3) is 0 Å². The Bertz CT molecular complexity index is 1090. The fraction of sp³-hybridized carbons (Fsp3) is 0.261. The van der Waals surface area contributed by atoms with E-state index >= 15 is 0 Å². The molecule has 30 heavy (non-hydrogen) atoms. The molecule has 0 saturated heterocycles. The third-order valence-electron chi connectivity index (χ3n) is 4.87. The van der Waals surface area contributed by atoms with E-state index < -0.39 is 0 Å². The van der Waals surface area contributed by atoms with Crippen molar-refractivity contribution in [3.8, 4) is 11.5 Å². The van der Waals surface area contributed by atoms with Crippen molar-refractivity contribution in [1.29, 1.82) is 0 Å². The first kappa shape index (κ1) is 20.2. The quantitative estimate of drug-likeness (QED) is 0.316. The lowest BCUT2D eigenvalue weighted by atomic mass is 10.0. The van der Waals surface area contributed by atoms with Crippen LogP contribution in [0.4, 0.5) is 0 Å². The highest BCUT2D eigenvalue weighted by Crippen LogP contribution is 2.36. The van der Waals surface area contributed by atoms with E-state index in [-0.39, 0.29) is 17.6 Å². The molecule has 6 nitrogen and oxygen atoms in total. The minimum absolute atomic E-state index is 0.0679. The van der Waals surface area contributed by atoms with Gasteiger partial charge in [0.2, 0.25) is 0 Å². The number of nitrogens with zero attached hydrogens (tertiary/aromatic N) is 3. The maximum Gasteiger partial charge on any atom is 0.192 e. The molecule has 0 unspecified atom stereocenters. The molecule has 1 aliphatic heterocycles. The van der Waals surface area contributed by atoms with Crippen LogP contribution in [0, 0.1) is 13.8 Å². The van der Waals surface area contributed by atoms with Gasteiger partial charge >= 0.3 is 0 Å². The van der Waals surface area contributed by atoms with E-state index in [9.17, 15) is 4.79 Å². The average molecular weight is 422 g/mol. The van der Waals surface area contributed by atoms with Crippen LogP contribution in [0.2, 0.25) is 0 Å². The second-order valence-electron chi connectivity index (χ2n) is 7.13. The number of aromatic nitrogens is 3. The van der Waals surface area contributed by atoms with Crippen LogP contribution in [0.5, 0.6) is 11.5 Å². The molecular weight excluding hydrogens is 398 g/mol. The van der Waals surface area contributed by atoms with E-state index in [0.29, 0.717) is 29.9 Å². The number of hydrogen-bond acceptors (Lipinski definition) is 6. The number of para-hydroxylation sites is 2. The number of hydrogen-bond donors (Lipinski definition) is 0. The van der Waals surface area contributed by atoms with E-state index in [1.165, 1.54) is 11.8 Å². The second-order valence-corrected chi connectivity index (χ2v) is 8.08. The van der Waals surface area contributed by atoms with Crippen LogP contribution >= 0.6 is 11.8 Å². The van der Waals surface area contributed by atoms with Crippen LogP contribution in [0.3, 0.4) is 0 Å². The van der Waals surface area contributed by atoms with Crippen molar-refractivity contribution < 1.29 is 14.3 Å². The topological polar surface area (TPSA) is 66.2 Å². The van der Waals surface area contributed by atoms with E-state index in [1.54, 1.807) is 6.08 Å². The molecule has 1 aromatic heterocycles. The first-order valence-corrected chi connectivity index (χ1v) is 10.7. The van der Waals surface area contributed by atoms with E-state index in [1.807, 2.05) is 60.9 Å². The van der Waals surface area contributed by atoms with Crippen LogP contribution < -0.4 is 9.47 Å². The largest absolute Gasteiger partial charge is 0.485 e. The summed E-state index contributed by atoms with van der Waals surface area (Å²) in [6.45, 7) is 8.68. The van der Waals surface area contributed by atoms with Gasteiger partial charge in [0.1, 0.15) is 6.61 Å². The van der Waals surface area contributed by atoms with Gasteiger partial charge in [0, 0.05) is 12.1 Å². The highest BCUT2D eigenvalue weighted by atomic mass is 32.2. The minimum atomic E-state index is -0.378. The van der Waals surface area contributed by atoms with Crippen LogP contribution in [-0.2, 0) is 6.54 Å². The molecule has 0 aliphatic carbocycles. The monoisotopic (exact) mass is 421 g/mol. The molecule has 0 radical (unpaired) electrons. The second kappa shape index (κ2) is 8.75. The normalized spacial score (nSPS) is 15.1. The zero-order chi connectivity index (χ0) is 21.1.